The Bertz CT molecular complexity index is 382. The van der Waals surface area contributed by atoms with Crippen molar-refractivity contribution >= 4 is 17.3 Å². The van der Waals surface area contributed by atoms with E-state index in [0.29, 0.717) is 11.7 Å². The van der Waals surface area contributed by atoms with Gasteiger partial charge in [0.1, 0.15) is 11.0 Å². The first kappa shape index (κ1) is 9.02. The van der Waals surface area contributed by atoms with Gasteiger partial charge < -0.3 is 10.3 Å². The topological polar surface area (TPSA) is 53.6 Å². The normalized spacial score (nSPS) is 10.1. The van der Waals surface area contributed by atoms with Crippen LogP contribution in [0.25, 0.3) is 0 Å². The maximum absolute atomic E-state index is 5.65. The van der Waals surface area contributed by atoms with Crippen LogP contribution in [0, 0.1) is 0 Å². The van der Waals surface area contributed by atoms with E-state index in [2.05, 4.69) is 20.3 Å². The van der Waals surface area contributed by atoms with Crippen molar-refractivity contribution in [2.45, 2.75) is 6.54 Å². The van der Waals surface area contributed by atoms with E-state index in [1.807, 2.05) is 6.07 Å². The fourth-order valence-corrected chi connectivity index (χ4v) is 1.17. The molecule has 0 radical (unpaired) electrons. The van der Waals surface area contributed by atoms with Gasteiger partial charge in [-0.2, -0.15) is 0 Å². The van der Waals surface area contributed by atoms with Gasteiger partial charge in [0.2, 0.25) is 0 Å². The molecule has 0 fully saturated rings. The molecule has 0 saturated carbocycles. The standard InChI is InChI=1S/C9H9ClN4/c10-8-2-1-7(5-14-8)13-6-9-11-3-4-12-9/h1-5,13H,6H2,(H,11,12). The maximum atomic E-state index is 5.65. The number of rotatable bonds is 3. The predicted molar refractivity (Wildman–Crippen MR) is 55.2 cm³/mol. The van der Waals surface area contributed by atoms with E-state index in [1.54, 1.807) is 24.7 Å². The third-order valence-corrected chi connectivity index (χ3v) is 1.97. The summed E-state index contributed by atoms with van der Waals surface area (Å²) in [6.45, 7) is 0.649. The highest BCUT2D eigenvalue weighted by Crippen LogP contribution is 2.09. The molecule has 0 saturated heterocycles. The van der Waals surface area contributed by atoms with Crippen LogP contribution in [0.1, 0.15) is 5.82 Å². The summed E-state index contributed by atoms with van der Waals surface area (Å²) in [5, 5.41) is 3.65. The smallest absolute Gasteiger partial charge is 0.129 e. The van der Waals surface area contributed by atoms with Gasteiger partial charge in [-0.25, -0.2) is 9.97 Å². The van der Waals surface area contributed by atoms with Gasteiger partial charge in [-0.3, -0.25) is 0 Å². The first-order valence-corrected chi connectivity index (χ1v) is 4.56. The third kappa shape index (κ3) is 2.23. The molecule has 14 heavy (non-hydrogen) atoms. The fourth-order valence-electron chi connectivity index (χ4n) is 1.06. The monoisotopic (exact) mass is 208 g/mol. The zero-order valence-electron chi connectivity index (χ0n) is 7.37. The number of hydrogen-bond acceptors (Lipinski definition) is 3. The molecule has 0 bridgehead atoms. The minimum Gasteiger partial charge on any atom is -0.377 e. The van der Waals surface area contributed by atoms with E-state index in [9.17, 15) is 0 Å². The van der Waals surface area contributed by atoms with Crippen LogP contribution in [0.3, 0.4) is 0 Å². The summed E-state index contributed by atoms with van der Waals surface area (Å²) in [6, 6.07) is 3.62. The average molecular weight is 209 g/mol. The van der Waals surface area contributed by atoms with Crippen LogP contribution in [0.15, 0.2) is 30.7 Å². The number of nitrogens with zero attached hydrogens (tertiary/aromatic N) is 2. The van der Waals surface area contributed by atoms with Crippen LogP contribution < -0.4 is 5.32 Å². The summed E-state index contributed by atoms with van der Waals surface area (Å²) in [7, 11) is 0. The lowest BCUT2D eigenvalue weighted by atomic mass is 10.4. The number of imidazole rings is 1. The molecule has 5 heteroatoms. The van der Waals surface area contributed by atoms with E-state index in [1.165, 1.54) is 0 Å². The minimum absolute atomic E-state index is 0.494. The van der Waals surface area contributed by atoms with Gasteiger partial charge in [0.05, 0.1) is 18.4 Å². The van der Waals surface area contributed by atoms with Crippen molar-refractivity contribution in [3.63, 3.8) is 0 Å². The zero-order chi connectivity index (χ0) is 9.80. The third-order valence-electron chi connectivity index (χ3n) is 1.74. The molecule has 2 aromatic rings. The second-order valence-electron chi connectivity index (χ2n) is 2.76. The minimum atomic E-state index is 0.494. The number of anilines is 1. The molecular weight excluding hydrogens is 200 g/mol. The predicted octanol–water partition coefficient (Wildman–Crippen LogP) is 2.07. The van der Waals surface area contributed by atoms with Gasteiger partial charge in [0, 0.05) is 12.4 Å². The van der Waals surface area contributed by atoms with Crippen LogP contribution >= 0.6 is 11.6 Å². The van der Waals surface area contributed by atoms with Crippen LogP contribution in [0.5, 0.6) is 0 Å². The van der Waals surface area contributed by atoms with Crippen LogP contribution in [-0.4, -0.2) is 15.0 Å². The molecule has 0 aliphatic rings. The second kappa shape index (κ2) is 4.11. The van der Waals surface area contributed by atoms with Crippen molar-refractivity contribution < 1.29 is 0 Å². The Balaban J connectivity index is 1.95. The van der Waals surface area contributed by atoms with Gasteiger partial charge >= 0.3 is 0 Å². The Morgan fingerprint density at radius 3 is 2.93 bits per heavy atom. The number of aromatic nitrogens is 3. The fraction of sp³-hybridized carbons (Fsp3) is 0.111. The van der Waals surface area contributed by atoms with Gasteiger partial charge in [-0.15, -0.1) is 0 Å². The van der Waals surface area contributed by atoms with Crippen molar-refractivity contribution in [2.24, 2.45) is 0 Å². The van der Waals surface area contributed by atoms with E-state index in [-0.39, 0.29) is 0 Å². The first-order valence-electron chi connectivity index (χ1n) is 4.18. The zero-order valence-corrected chi connectivity index (χ0v) is 8.12. The van der Waals surface area contributed by atoms with Crippen molar-refractivity contribution in [2.75, 3.05) is 5.32 Å². The van der Waals surface area contributed by atoms with E-state index >= 15 is 0 Å². The summed E-state index contributed by atoms with van der Waals surface area (Å²) < 4.78 is 0. The SMILES string of the molecule is Clc1ccc(NCc2ncc[nH]2)cn1. The molecule has 0 amide bonds. The molecule has 0 aliphatic carbocycles. The summed E-state index contributed by atoms with van der Waals surface area (Å²) >= 11 is 5.65. The van der Waals surface area contributed by atoms with Gasteiger partial charge in [-0.05, 0) is 12.1 Å². The lowest BCUT2D eigenvalue weighted by Gasteiger charge is -2.02. The van der Waals surface area contributed by atoms with E-state index in [4.69, 9.17) is 11.6 Å². The van der Waals surface area contributed by atoms with Crippen LogP contribution in [0.2, 0.25) is 5.15 Å². The number of hydrogen-bond donors (Lipinski definition) is 2. The summed E-state index contributed by atoms with van der Waals surface area (Å²) in [5.41, 5.74) is 0.922. The highest BCUT2D eigenvalue weighted by molar-refractivity contribution is 6.29. The molecule has 2 rings (SSSR count). The highest BCUT2D eigenvalue weighted by Gasteiger charge is 1.95. The quantitative estimate of drug-likeness (QED) is 0.760. The highest BCUT2D eigenvalue weighted by atomic mass is 35.5. The van der Waals surface area contributed by atoms with Gasteiger partial charge in [-0.1, -0.05) is 11.6 Å². The Hall–Kier alpha value is -1.55. The lowest BCUT2D eigenvalue weighted by Crippen LogP contribution is -2.01. The Kier molecular flexibility index (Phi) is 2.65. The molecular formula is C9H9ClN4. The molecule has 0 unspecified atom stereocenters. The van der Waals surface area contributed by atoms with Crippen molar-refractivity contribution in [3.8, 4) is 0 Å². The van der Waals surface area contributed by atoms with Crippen LogP contribution in [-0.2, 0) is 6.54 Å². The van der Waals surface area contributed by atoms with Crippen molar-refractivity contribution in [1.82, 2.24) is 15.0 Å². The van der Waals surface area contributed by atoms with Crippen molar-refractivity contribution in [1.29, 1.82) is 0 Å². The second-order valence-corrected chi connectivity index (χ2v) is 3.15. The Labute approximate surface area is 86.4 Å². The molecule has 72 valence electrons. The van der Waals surface area contributed by atoms with Crippen molar-refractivity contribution in [3.05, 3.63) is 41.7 Å². The first-order chi connectivity index (χ1) is 6.84. The molecule has 4 nitrogen and oxygen atoms in total. The average Bonchev–Trinajstić information content (AvgIpc) is 2.70. The molecule has 2 N–H and O–H groups in total. The number of pyridine rings is 1. The number of aromatic amines is 1. The lowest BCUT2D eigenvalue weighted by molar-refractivity contribution is 0.997. The van der Waals surface area contributed by atoms with Gasteiger partial charge in [0.25, 0.3) is 0 Å². The summed E-state index contributed by atoms with van der Waals surface area (Å²) in [6.07, 6.45) is 5.19. The maximum Gasteiger partial charge on any atom is 0.129 e. The van der Waals surface area contributed by atoms with E-state index in [0.717, 1.165) is 11.5 Å². The molecule has 0 spiro atoms. The number of nitrogens with one attached hydrogen (secondary N) is 2. The summed E-state index contributed by atoms with van der Waals surface area (Å²) in [4.78, 5) is 11.0. The largest absolute Gasteiger partial charge is 0.377 e. The van der Waals surface area contributed by atoms with E-state index < -0.39 is 0 Å². The molecule has 0 atom stereocenters. The Morgan fingerprint density at radius 1 is 1.36 bits per heavy atom. The Morgan fingerprint density at radius 2 is 2.29 bits per heavy atom. The summed E-state index contributed by atoms with van der Waals surface area (Å²) in [5.74, 6) is 0.889. The number of H-pyrrole nitrogens is 1. The van der Waals surface area contributed by atoms with Gasteiger partial charge in [0.15, 0.2) is 0 Å². The molecule has 0 aromatic carbocycles. The number of halogens is 1. The molecule has 0 aliphatic heterocycles. The van der Waals surface area contributed by atoms with Crippen LogP contribution in [0.4, 0.5) is 5.69 Å². The molecule has 2 aromatic heterocycles. The molecule has 2 heterocycles.